The number of aldehydes is 1. The summed E-state index contributed by atoms with van der Waals surface area (Å²) in [5, 5.41) is 2.92. The molecule has 1 atom stereocenters. The molecular formula is C9H14N2OS. The maximum absolute atomic E-state index is 10.5. The van der Waals surface area contributed by atoms with Crippen LogP contribution in [0.2, 0.25) is 0 Å². The highest BCUT2D eigenvalue weighted by atomic mass is 32.1. The minimum Gasteiger partial charge on any atom is -0.304 e. The summed E-state index contributed by atoms with van der Waals surface area (Å²) in [6, 6.07) is 0. The molecule has 1 rings (SSSR count). The van der Waals surface area contributed by atoms with Gasteiger partial charge in [-0.1, -0.05) is 0 Å². The van der Waals surface area contributed by atoms with Gasteiger partial charge in [0.1, 0.15) is 11.3 Å². The van der Waals surface area contributed by atoms with Gasteiger partial charge in [0.2, 0.25) is 0 Å². The molecule has 4 heteroatoms. The minimum atomic E-state index is -0.0686. The van der Waals surface area contributed by atoms with Crippen LogP contribution in [-0.2, 0) is 11.3 Å². The fourth-order valence-corrected chi connectivity index (χ4v) is 1.81. The van der Waals surface area contributed by atoms with Gasteiger partial charge in [0, 0.05) is 11.9 Å². The lowest BCUT2D eigenvalue weighted by atomic mass is 10.2. The van der Waals surface area contributed by atoms with Crippen LogP contribution in [0.4, 0.5) is 0 Å². The summed E-state index contributed by atoms with van der Waals surface area (Å²) in [6.07, 6.45) is 0.929. The summed E-state index contributed by atoms with van der Waals surface area (Å²) in [4.78, 5) is 16.9. The zero-order valence-electron chi connectivity index (χ0n) is 8.15. The molecule has 1 aromatic rings. The Balaban J connectivity index is 2.68. The molecule has 1 heterocycles. The van der Waals surface area contributed by atoms with E-state index in [1.807, 2.05) is 26.4 Å². The first-order valence-corrected chi connectivity index (χ1v) is 5.05. The molecule has 0 aliphatic heterocycles. The van der Waals surface area contributed by atoms with E-state index >= 15 is 0 Å². The van der Waals surface area contributed by atoms with Crippen LogP contribution in [-0.4, -0.2) is 30.3 Å². The quantitative estimate of drug-likeness (QED) is 0.687. The molecule has 13 heavy (non-hydrogen) atoms. The molecule has 72 valence electrons. The van der Waals surface area contributed by atoms with Crippen LogP contribution in [0.15, 0.2) is 5.38 Å². The summed E-state index contributed by atoms with van der Waals surface area (Å²) in [5.41, 5.74) is 1.04. The fourth-order valence-electron chi connectivity index (χ4n) is 0.987. The molecule has 0 N–H and O–H groups in total. The lowest BCUT2D eigenvalue weighted by Gasteiger charge is -2.05. The van der Waals surface area contributed by atoms with Gasteiger partial charge < -0.3 is 9.69 Å². The van der Waals surface area contributed by atoms with Gasteiger partial charge in [-0.05, 0) is 21.0 Å². The number of carbonyl (C=O) groups is 1. The fraction of sp³-hybridized carbons (Fsp3) is 0.556. The van der Waals surface area contributed by atoms with Crippen LogP contribution in [0.25, 0.3) is 0 Å². The van der Waals surface area contributed by atoms with Gasteiger partial charge >= 0.3 is 0 Å². The normalized spacial score (nSPS) is 13.2. The Morgan fingerprint density at radius 2 is 2.38 bits per heavy atom. The third-order valence-electron chi connectivity index (χ3n) is 1.64. The van der Waals surface area contributed by atoms with Gasteiger partial charge in [0.05, 0.1) is 11.6 Å². The van der Waals surface area contributed by atoms with Crippen LogP contribution >= 0.6 is 11.3 Å². The molecule has 0 aromatic carbocycles. The topological polar surface area (TPSA) is 33.2 Å². The van der Waals surface area contributed by atoms with Crippen molar-refractivity contribution in [3.63, 3.8) is 0 Å². The van der Waals surface area contributed by atoms with Crippen molar-refractivity contribution in [2.75, 3.05) is 14.1 Å². The molecule has 3 nitrogen and oxygen atoms in total. The monoisotopic (exact) mass is 198 g/mol. The number of aromatic nitrogens is 1. The zero-order valence-corrected chi connectivity index (χ0v) is 8.97. The number of hydrogen-bond donors (Lipinski definition) is 0. The average molecular weight is 198 g/mol. The summed E-state index contributed by atoms with van der Waals surface area (Å²) in [5.74, 6) is -0.0686. The summed E-state index contributed by atoms with van der Waals surface area (Å²) in [6.45, 7) is 2.70. The predicted octanol–water partition coefficient (Wildman–Crippen LogP) is 1.51. The standard InChI is InChI=1S/C9H14N2OS/c1-7(5-12)9-10-8(6-13-9)4-11(2)3/h5-7H,4H2,1-3H3. The molecule has 0 amide bonds. The van der Waals surface area contributed by atoms with Crippen molar-refractivity contribution >= 4 is 17.6 Å². The molecular weight excluding hydrogens is 184 g/mol. The predicted molar refractivity (Wildman–Crippen MR) is 54.0 cm³/mol. The van der Waals surface area contributed by atoms with Gasteiger partial charge in [0.25, 0.3) is 0 Å². The molecule has 0 spiro atoms. The lowest BCUT2D eigenvalue weighted by Crippen LogP contribution is -2.11. The first kappa shape index (κ1) is 10.3. The molecule has 0 bridgehead atoms. The number of thiazole rings is 1. The van der Waals surface area contributed by atoms with E-state index in [0.29, 0.717) is 0 Å². The second-order valence-corrected chi connectivity index (χ2v) is 4.23. The number of rotatable bonds is 4. The van der Waals surface area contributed by atoms with Gasteiger partial charge in [-0.25, -0.2) is 4.98 Å². The highest BCUT2D eigenvalue weighted by Gasteiger charge is 2.09. The molecule has 0 fully saturated rings. The molecule has 1 aromatic heterocycles. The Morgan fingerprint density at radius 3 is 2.92 bits per heavy atom. The second-order valence-electron chi connectivity index (χ2n) is 3.34. The van der Waals surface area contributed by atoms with Crippen molar-refractivity contribution in [3.8, 4) is 0 Å². The van der Waals surface area contributed by atoms with Gasteiger partial charge in [-0.3, -0.25) is 0 Å². The van der Waals surface area contributed by atoms with Crippen molar-refractivity contribution in [2.45, 2.75) is 19.4 Å². The Morgan fingerprint density at radius 1 is 1.69 bits per heavy atom. The highest BCUT2D eigenvalue weighted by Crippen LogP contribution is 2.18. The van der Waals surface area contributed by atoms with Gasteiger partial charge in [-0.15, -0.1) is 11.3 Å². The van der Waals surface area contributed by atoms with Crippen LogP contribution < -0.4 is 0 Å². The third-order valence-corrected chi connectivity index (χ3v) is 2.74. The Hall–Kier alpha value is -0.740. The molecule has 0 aliphatic rings. The van der Waals surface area contributed by atoms with Crippen molar-refractivity contribution in [1.29, 1.82) is 0 Å². The molecule has 0 saturated heterocycles. The lowest BCUT2D eigenvalue weighted by molar-refractivity contribution is -0.108. The van der Waals surface area contributed by atoms with Crippen LogP contribution in [0.5, 0.6) is 0 Å². The van der Waals surface area contributed by atoms with Crippen LogP contribution in [0.3, 0.4) is 0 Å². The first-order valence-electron chi connectivity index (χ1n) is 4.17. The van der Waals surface area contributed by atoms with E-state index in [2.05, 4.69) is 9.88 Å². The molecule has 0 saturated carbocycles. The van der Waals surface area contributed by atoms with E-state index in [1.54, 1.807) is 11.3 Å². The number of carbonyl (C=O) groups excluding carboxylic acids is 1. The second kappa shape index (κ2) is 4.48. The summed E-state index contributed by atoms with van der Waals surface area (Å²) < 4.78 is 0. The smallest absolute Gasteiger partial charge is 0.129 e. The molecule has 0 radical (unpaired) electrons. The Bertz CT molecular complexity index is 283. The molecule has 0 aliphatic carbocycles. The number of nitrogens with zero attached hydrogens (tertiary/aromatic N) is 2. The Kier molecular flexibility index (Phi) is 3.57. The van der Waals surface area contributed by atoms with E-state index in [-0.39, 0.29) is 5.92 Å². The van der Waals surface area contributed by atoms with E-state index in [9.17, 15) is 4.79 Å². The van der Waals surface area contributed by atoms with Crippen molar-refractivity contribution < 1.29 is 4.79 Å². The summed E-state index contributed by atoms with van der Waals surface area (Å²) >= 11 is 1.56. The molecule has 1 unspecified atom stereocenters. The largest absolute Gasteiger partial charge is 0.304 e. The van der Waals surface area contributed by atoms with E-state index in [0.717, 1.165) is 23.5 Å². The van der Waals surface area contributed by atoms with Crippen LogP contribution in [0.1, 0.15) is 23.5 Å². The van der Waals surface area contributed by atoms with Crippen molar-refractivity contribution in [3.05, 3.63) is 16.1 Å². The average Bonchev–Trinajstić information content (AvgIpc) is 2.50. The zero-order chi connectivity index (χ0) is 9.84. The minimum absolute atomic E-state index is 0.0686. The summed E-state index contributed by atoms with van der Waals surface area (Å²) in [7, 11) is 4.00. The van der Waals surface area contributed by atoms with Gasteiger partial charge in [-0.2, -0.15) is 0 Å². The van der Waals surface area contributed by atoms with E-state index in [4.69, 9.17) is 0 Å². The third kappa shape index (κ3) is 2.90. The maximum Gasteiger partial charge on any atom is 0.129 e. The number of hydrogen-bond acceptors (Lipinski definition) is 4. The van der Waals surface area contributed by atoms with Crippen molar-refractivity contribution in [2.24, 2.45) is 0 Å². The first-order chi connectivity index (χ1) is 6.13. The highest BCUT2D eigenvalue weighted by molar-refractivity contribution is 7.09. The van der Waals surface area contributed by atoms with E-state index < -0.39 is 0 Å². The van der Waals surface area contributed by atoms with Crippen molar-refractivity contribution in [1.82, 2.24) is 9.88 Å². The SMILES string of the molecule is CC(C=O)c1nc(CN(C)C)cs1. The Labute approximate surface area is 82.4 Å². The van der Waals surface area contributed by atoms with Crippen LogP contribution in [0, 0.1) is 0 Å². The van der Waals surface area contributed by atoms with E-state index in [1.165, 1.54) is 0 Å². The maximum atomic E-state index is 10.5. The van der Waals surface area contributed by atoms with Gasteiger partial charge in [0.15, 0.2) is 0 Å².